The molecule has 0 amide bonds. The predicted octanol–water partition coefficient (Wildman–Crippen LogP) is 2.76. The van der Waals surface area contributed by atoms with Crippen molar-refractivity contribution in [3.63, 3.8) is 0 Å². The highest BCUT2D eigenvalue weighted by molar-refractivity contribution is 9.10. The van der Waals surface area contributed by atoms with E-state index < -0.39 is 0 Å². The number of halogens is 2. The van der Waals surface area contributed by atoms with Gasteiger partial charge >= 0.3 is 0 Å². The highest BCUT2D eigenvalue weighted by atomic mass is 79.9. The molecule has 0 unspecified atom stereocenters. The molecule has 1 aromatic carbocycles. The van der Waals surface area contributed by atoms with E-state index in [0.717, 1.165) is 18.4 Å². The Bertz CT molecular complexity index is 356. The fourth-order valence-electron chi connectivity index (χ4n) is 1.60. The standard InChI is InChI=1S/C10H11BrFNO/c11-7-4-6-9(13)2-1-3-14-10(6)5-8(7)12/h4-5,9H,1-3,13H2/t9-/m0/s1. The molecule has 1 aromatic rings. The summed E-state index contributed by atoms with van der Waals surface area (Å²) in [4.78, 5) is 0. The van der Waals surface area contributed by atoms with Crippen molar-refractivity contribution in [2.45, 2.75) is 18.9 Å². The van der Waals surface area contributed by atoms with Gasteiger partial charge in [-0.05, 0) is 34.8 Å². The third kappa shape index (κ3) is 1.77. The summed E-state index contributed by atoms with van der Waals surface area (Å²) < 4.78 is 19.1. The van der Waals surface area contributed by atoms with Gasteiger partial charge in [0, 0.05) is 17.7 Å². The highest BCUT2D eigenvalue weighted by Crippen LogP contribution is 2.33. The molecule has 2 N–H and O–H groups in total. The summed E-state index contributed by atoms with van der Waals surface area (Å²) >= 11 is 3.14. The zero-order valence-corrected chi connectivity index (χ0v) is 9.18. The summed E-state index contributed by atoms with van der Waals surface area (Å²) in [6, 6.07) is 3.05. The number of ether oxygens (including phenoxy) is 1. The zero-order chi connectivity index (χ0) is 10.1. The minimum absolute atomic E-state index is 0.0515. The van der Waals surface area contributed by atoms with Gasteiger partial charge in [-0.1, -0.05) is 0 Å². The fourth-order valence-corrected chi connectivity index (χ4v) is 1.96. The largest absolute Gasteiger partial charge is 0.493 e. The van der Waals surface area contributed by atoms with E-state index in [1.807, 2.05) is 0 Å². The molecule has 0 saturated heterocycles. The van der Waals surface area contributed by atoms with Crippen LogP contribution in [0.15, 0.2) is 16.6 Å². The monoisotopic (exact) mass is 259 g/mol. The van der Waals surface area contributed by atoms with Crippen molar-refractivity contribution >= 4 is 15.9 Å². The van der Waals surface area contributed by atoms with E-state index in [1.165, 1.54) is 6.07 Å². The maximum absolute atomic E-state index is 13.2. The first-order valence-corrected chi connectivity index (χ1v) is 5.35. The molecule has 4 heteroatoms. The van der Waals surface area contributed by atoms with Crippen molar-refractivity contribution in [3.8, 4) is 5.75 Å². The van der Waals surface area contributed by atoms with Crippen LogP contribution < -0.4 is 10.5 Å². The molecule has 2 nitrogen and oxygen atoms in total. The maximum Gasteiger partial charge on any atom is 0.141 e. The van der Waals surface area contributed by atoms with E-state index in [2.05, 4.69) is 15.9 Å². The lowest BCUT2D eigenvalue weighted by Crippen LogP contribution is -2.09. The van der Waals surface area contributed by atoms with Crippen LogP contribution in [0.1, 0.15) is 24.4 Å². The lowest BCUT2D eigenvalue weighted by Gasteiger charge is -2.12. The van der Waals surface area contributed by atoms with Gasteiger partial charge in [0.15, 0.2) is 0 Å². The first kappa shape index (κ1) is 9.93. The topological polar surface area (TPSA) is 35.2 Å². The Hall–Kier alpha value is -0.610. The third-order valence-corrected chi connectivity index (χ3v) is 2.98. The minimum Gasteiger partial charge on any atom is -0.493 e. The maximum atomic E-state index is 13.2. The third-order valence-electron chi connectivity index (χ3n) is 2.37. The number of fused-ring (bicyclic) bond motifs is 1. The molecule has 2 rings (SSSR count). The predicted molar refractivity (Wildman–Crippen MR) is 55.8 cm³/mol. The van der Waals surface area contributed by atoms with Gasteiger partial charge in [0.1, 0.15) is 11.6 Å². The Labute approximate surface area is 90.4 Å². The lowest BCUT2D eigenvalue weighted by atomic mass is 10.0. The Balaban J connectivity index is 2.49. The first-order chi connectivity index (χ1) is 6.68. The molecule has 0 bridgehead atoms. The molecule has 0 saturated carbocycles. The summed E-state index contributed by atoms with van der Waals surface area (Å²) in [6.07, 6.45) is 1.79. The van der Waals surface area contributed by atoms with E-state index in [9.17, 15) is 4.39 Å². The average Bonchev–Trinajstić information content (AvgIpc) is 2.31. The zero-order valence-electron chi connectivity index (χ0n) is 7.59. The van der Waals surface area contributed by atoms with Crippen LogP contribution in [0.5, 0.6) is 5.75 Å². The van der Waals surface area contributed by atoms with E-state index >= 15 is 0 Å². The van der Waals surface area contributed by atoms with Gasteiger partial charge in [0.05, 0.1) is 11.1 Å². The number of rotatable bonds is 0. The summed E-state index contributed by atoms with van der Waals surface area (Å²) in [7, 11) is 0. The molecule has 1 heterocycles. The molecule has 0 aromatic heterocycles. The molecule has 76 valence electrons. The van der Waals surface area contributed by atoms with Gasteiger partial charge in [-0.2, -0.15) is 0 Å². The van der Waals surface area contributed by atoms with Crippen LogP contribution in [-0.2, 0) is 0 Å². The molecule has 0 aliphatic carbocycles. The normalized spacial score (nSPS) is 20.9. The SMILES string of the molecule is N[C@H]1CCCOc2cc(F)c(Br)cc21. The lowest BCUT2D eigenvalue weighted by molar-refractivity contribution is 0.314. The number of benzene rings is 1. The Morgan fingerprint density at radius 1 is 1.50 bits per heavy atom. The van der Waals surface area contributed by atoms with Crippen molar-refractivity contribution in [1.82, 2.24) is 0 Å². The highest BCUT2D eigenvalue weighted by Gasteiger charge is 2.18. The van der Waals surface area contributed by atoms with Crippen molar-refractivity contribution in [2.75, 3.05) is 6.61 Å². The molecule has 0 spiro atoms. The van der Waals surface area contributed by atoms with Crippen LogP contribution in [-0.4, -0.2) is 6.61 Å². The second-order valence-electron chi connectivity index (χ2n) is 3.40. The van der Waals surface area contributed by atoms with E-state index in [4.69, 9.17) is 10.5 Å². The molecule has 0 fully saturated rings. The molecule has 1 atom stereocenters. The van der Waals surface area contributed by atoms with Gasteiger partial charge in [-0.25, -0.2) is 4.39 Å². The van der Waals surface area contributed by atoms with Gasteiger partial charge in [0.2, 0.25) is 0 Å². The fraction of sp³-hybridized carbons (Fsp3) is 0.400. The van der Waals surface area contributed by atoms with Crippen LogP contribution in [0.3, 0.4) is 0 Å². The number of hydrogen-bond acceptors (Lipinski definition) is 2. The van der Waals surface area contributed by atoms with Crippen LogP contribution in [0.2, 0.25) is 0 Å². The van der Waals surface area contributed by atoms with E-state index in [1.54, 1.807) is 6.07 Å². The van der Waals surface area contributed by atoms with Crippen LogP contribution in [0.4, 0.5) is 4.39 Å². The van der Waals surface area contributed by atoms with Crippen molar-refractivity contribution < 1.29 is 9.13 Å². The summed E-state index contributed by atoms with van der Waals surface area (Å²) in [5.41, 5.74) is 6.83. The number of nitrogens with two attached hydrogens (primary N) is 1. The van der Waals surface area contributed by atoms with E-state index in [-0.39, 0.29) is 11.9 Å². The summed E-state index contributed by atoms with van der Waals surface area (Å²) in [5.74, 6) is 0.272. The molecular formula is C10H11BrFNO. The van der Waals surface area contributed by atoms with Gasteiger partial charge in [0.25, 0.3) is 0 Å². The second-order valence-corrected chi connectivity index (χ2v) is 4.26. The summed E-state index contributed by atoms with van der Waals surface area (Å²) in [6.45, 7) is 0.613. The Morgan fingerprint density at radius 2 is 2.29 bits per heavy atom. The average molecular weight is 260 g/mol. The van der Waals surface area contributed by atoms with Crippen molar-refractivity contribution in [2.24, 2.45) is 5.73 Å². The minimum atomic E-state index is -0.308. The molecular weight excluding hydrogens is 249 g/mol. The van der Waals surface area contributed by atoms with Gasteiger partial charge in [-0.15, -0.1) is 0 Å². The molecule has 1 aliphatic rings. The Kier molecular flexibility index (Phi) is 2.74. The summed E-state index contributed by atoms with van der Waals surface area (Å²) in [5, 5.41) is 0. The van der Waals surface area contributed by atoms with Crippen LogP contribution in [0, 0.1) is 5.82 Å². The van der Waals surface area contributed by atoms with Gasteiger partial charge < -0.3 is 10.5 Å². The quantitative estimate of drug-likeness (QED) is 0.778. The van der Waals surface area contributed by atoms with Crippen LogP contribution >= 0.6 is 15.9 Å². The molecule has 1 aliphatic heterocycles. The number of hydrogen-bond donors (Lipinski definition) is 1. The Morgan fingerprint density at radius 3 is 3.07 bits per heavy atom. The smallest absolute Gasteiger partial charge is 0.141 e. The van der Waals surface area contributed by atoms with Crippen molar-refractivity contribution in [3.05, 3.63) is 28.0 Å². The van der Waals surface area contributed by atoms with Crippen molar-refractivity contribution in [1.29, 1.82) is 0 Å². The van der Waals surface area contributed by atoms with Gasteiger partial charge in [-0.3, -0.25) is 0 Å². The second kappa shape index (κ2) is 3.87. The molecule has 0 radical (unpaired) electrons. The van der Waals surface area contributed by atoms with E-state index in [0.29, 0.717) is 16.8 Å². The molecule has 14 heavy (non-hydrogen) atoms. The van der Waals surface area contributed by atoms with Crippen LogP contribution in [0.25, 0.3) is 0 Å². The first-order valence-electron chi connectivity index (χ1n) is 4.56.